The minimum absolute atomic E-state index is 0.299. The van der Waals surface area contributed by atoms with Crippen molar-refractivity contribution < 1.29 is 0 Å². The van der Waals surface area contributed by atoms with Gasteiger partial charge in [0.05, 0.1) is 0 Å². The van der Waals surface area contributed by atoms with Crippen LogP contribution in [0.5, 0.6) is 0 Å². The third-order valence-electron chi connectivity index (χ3n) is 6.75. The Morgan fingerprint density at radius 1 is 1.03 bits per heavy atom. The summed E-state index contributed by atoms with van der Waals surface area (Å²) in [7, 11) is 0. The molecule has 0 aliphatic heterocycles. The van der Waals surface area contributed by atoms with Gasteiger partial charge in [-0.25, -0.2) is 0 Å². The first-order chi connectivity index (χ1) is 14.6. The minimum atomic E-state index is 0.299. The topological polar surface area (TPSA) is 47.6 Å². The summed E-state index contributed by atoms with van der Waals surface area (Å²) in [6.45, 7) is 4.36. The van der Waals surface area contributed by atoms with E-state index < -0.39 is 0 Å². The Morgan fingerprint density at radius 2 is 1.83 bits per heavy atom. The molecule has 0 amide bonds. The summed E-state index contributed by atoms with van der Waals surface area (Å²) in [6, 6.07) is 4.26. The Labute approximate surface area is 180 Å². The third-order valence-corrected chi connectivity index (χ3v) is 6.75. The lowest BCUT2D eigenvalue weighted by atomic mass is 9.76. The Balaban J connectivity index is 1.65. The third kappa shape index (κ3) is 3.96. The van der Waals surface area contributed by atoms with Gasteiger partial charge in [-0.1, -0.05) is 66.2 Å². The van der Waals surface area contributed by atoms with Crippen LogP contribution in [0.4, 0.5) is 0 Å². The van der Waals surface area contributed by atoms with Gasteiger partial charge < -0.3 is 0 Å². The van der Waals surface area contributed by atoms with Crippen LogP contribution in [0, 0.1) is 34.5 Å². The zero-order valence-electron chi connectivity index (χ0n) is 17.9. The van der Waals surface area contributed by atoms with E-state index in [1.807, 2.05) is 0 Å². The fraction of sp³-hybridized carbons (Fsp3) is 0.357. The Bertz CT molecular complexity index is 1060. The zero-order valence-corrected chi connectivity index (χ0v) is 17.9. The molecular weight excluding hydrogens is 364 g/mol. The molecule has 0 aromatic carbocycles. The van der Waals surface area contributed by atoms with Crippen LogP contribution in [0.15, 0.2) is 93.2 Å². The molecule has 0 heterocycles. The van der Waals surface area contributed by atoms with Crippen molar-refractivity contribution in [2.24, 2.45) is 11.8 Å². The maximum Gasteiger partial charge on any atom is 0.133 e. The number of nitriles is 2. The normalized spacial score (nSPS) is 25.2. The summed E-state index contributed by atoms with van der Waals surface area (Å²) < 4.78 is 0. The minimum Gasteiger partial charge on any atom is -0.192 e. The van der Waals surface area contributed by atoms with Crippen molar-refractivity contribution in [3.05, 3.63) is 93.2 Å². The first-order valence-corrected chi connectivity index (χ1v) is 11.0. The Hall–Kier alpha value is -3.10. The van der Waals surface area contributed by atoms with E-state index >= 15 is 0 Å². The number of hydrogen-bond acceptors (Lipinski definition) is 2. The smallest absolute Gasteiger partial charge is 0.133 e. The lowest BCUT2D eigenvalue weighted by Crippen LogP contribution is -2.16. The average Bonchev–Trinajstić information content (AvgIpc) is 3.09. The molecule has 1 fully saturated rings. The van der Waals surface area contributed by atoms with Crippen LogP contribution in [0.3, 0.4) is 0 Å². The quantitative estimate of drug-likeness (QED) is 0.470. The maximum atomic E-state index is 9.42. The van der Waals surface area contributed by atoms with Gasteiger partial charge >= 0.3 is 0 Å². The van der Waals surface area contributed by atoms with Crippen LogP contribution in [-0.4, -0.2) is 0 Å². The molecular formula is C28H28N2. The number of hydrogen-bond donors (Lipinski definition) is 0. The molecule has 2 unspecified atom stereocenters. The van der Waals surface area contributed by atoms with Crippen LogP contribution >= 0.6 is 0 Å². The van der Waals surface area contributed by atoms with Gasteiger partial charge in [-0.15, -0.1) is 0 Å². The highest BCUT2D eigenvalue weighted by molar-refractivity contribution is 5.59. The second kappa shape index (κ2) is 8.73. The second-order valence-electron chi connectivity index (χ2n) is 8.93. The summed E-state index contributed by atoms with van der Waals surface area (Å²) in [5.74, 6) is 0.960. The van der Waals surface area contributed by atoms with E-state index in [0.717, 1.165) is 31.3 Å². The van der Waals surface area contributed by atoms with E-state index in [1.54, 1.807) is 0 Å². The molecule has 1 saturated carbocycles. The molecule has 0 saturated heterocycles. The number of fused-ring (bicyclic) bond motifs is 1. The average molecular weight is 393 g/mol. The van der Waals surface area contributed by atoms with E-state index in [4.69, 9.17) is 0 Å². The van der Waals surface area contributed by atoms with Crippen LogP contribution in [0.1, 0.15) is 52.4 Å². The van der Waals surface area contributed by atoms with Gasteiger partial charge in [0.2, 0.25) is 0 Å². The molecule has 0 bridgehead atoms. The van der Waals surface area contributed by atoms with Crippen molar-refractivity contribution >= 4 is 0 Å². The molecule has 4 rings (SSSR count). The summed E-state index contributed by atoms with van der Waals surface area (Å²) in [4.78, 5) is 0. The monoisotopic (exact) mass is 392 g/mol. The van der Waals surface area contributed by atoms with Crippen molar-refractivity contribution in [1.29, 1.82) is 10.5 Å². The molecule has 0 radical (unpaired) electrons. The van der Waals surface area contributed by atoms with Gasteiger partial charge in [0.15, 0.2) is 0 Å². The predicted molar refractivity (Wildman–Crippen MR) is 122 cm³/mol. The summed E-state index contributed by atoms with van der Waals surface area (Å²) >= 11 is 0. The van der Waals surface area contributed by atoms with Crippen molar-refractivity contribution in [2.75, 3.05) is 0 Å². The summed E-state index contributed by atoms with van der Waals surface area (Å²) in [6.07, 6.45) is 24.2. The molecule has 0 spiro atoms. The first kappa shape index (κ1) is 20.2. The number of rotatable bonds is 2. The van der Waals surface area contributed by atoms with Gasteiger partial charge in [-0.3, -0.25) is 0 Å². The molecule has 150 valence electrons. The Morgan fingerprint density at radius 3 is 2.60 bits per heavy atom. The molecule has 30 heavy (non-hydrogen) atoms. The van der Waals surface area contributed by atoms with Gasteiger partial charge in [0, 0.05) is 0 Å². The van der Waals surface area contributed by atoms with Crippen LogP contribution in [-0.2, 0) is 0 Å². The lowest BCUT2D eigenvalue weighted by molar-refractivity contribution is 0.430. The lowest BCUT2D eigenvalue weighted by Gasteiger charge is -2.27. The highest BCUT2D eigenvalue weighted by atomic mass is 14.4. The van der Waals surface area contributed by atoms with E-state index in [0.29, 0.717) is 17.4 Å². The largest absolute Gasteiger partial charge is 0.192 e. The van der Waals surface area contributed by atoms with Gasteiger partial charge in [0.1, 0.15) is 17.7 Å². The highest BCUT2D eigenvalue weighted by Gasteiger charge is 2.34. The van der Waals surface area contributed by atoms with Crippen LogP contribution in [0.2, 0.25) is 0 Å². The first-order valence-electron chi connectivity index (χ1n) is 11.0. The molecule has 2 nitrogen and oxygen atoms in total. The molecule has 2 atom stereocenters. The van der Waals surface area contributed by atoms with Crippen LogP contribution in [0.25, 0.3) is 0 Å². The predicted octanol–water partition coefficient (Wildman–Crippen LogP) is 7.11. The van der Waals surface area contributed by atoms with Crippen molar-refractivity contribution in [3.8, 4) is 12.1 Å². The van der Waals surface area contributed by atoms with E-state index in [9.17, 15) is 10.5 Å². The van der Waals surface area contributed by atoms with Crippen molar-refractivity contribution in [3.63, 3.8) is 0 Å². The van der Waals surface area contributed by atoms with Gasteiger partial charge in [-0.05, 0) is 85.7 Å². The highest BCUT2D eigenvalue weighted by Crippen LogP contribution is 2.46. The molecule has 2 heteroatoms. The standard InChI is InChI=1S/C28H28N2/c1-19(2)27-15-20(13-22-7-4-3-5-9-25(22)27)11-12-21-14-23-8-6-10-26(23)28(16-21)24(17-29)18-30/h3-5,9,11-12,15-16,23,26H,6-8,10,13-14H2,1-2H3/b12-11+. The summed E-state index contributed by atoms with van der Waals surface area (Å²) in [5, 5.41) is 18.8. The summed E-state index contributed by atoms with van der Waals surface area (Å²) in [5.41, 5.74) is 9.37. The molecule has 0 aromatic rings. The van der Waals surface area contributed by atoms with Crippen molar-refractivity contribution in [2.45, 2.75) is 52.4 Å². The van der Waals surface area contributed by atoms with E-state index in [1.165, 1.54) is 46.3 Å². The SMILES string of the molecule is CC(C)=C1C=C(/C=C/C2=CC(=C(C#N)C#N)C3CCCC3C2)CC2=C1C=CC=CC2. The fourth-order valence-corrected chi connectivity index (χ4v) is 5.30. The maximum absolute atomic E-state index is 9.42. The van der Waals surface area contributed by atoms with E-state index in [-0.39, 0.29) is 0 Å². The molecule has 0 N–H and O–H groups in total. The van der Waals surface area contributed by atoms with E-state index in [2.05, 4.69) is 74.6 Å². The van der Waals surface area contributed by atoms with Gasteiger partial charge in [-0.2, -0.15) is 10.5 Å². The molecule has 0 aromatic heterocycles. The molecule has 4 aliphatic carbocycles. The fourth-order valence-electron chi connectivity index (χ4n) is 5.30. The zero-order chi connectivity index (χ0) is 21.1. The number of nitrogens with zero attached hydrogens (tertiary/aromatic N) is 2. The van der Waals surface area contributed by atoms with Crippen molar-refractivity contribution in [1.82, 2.24) is 0 Å². The second-order valence-corrected chi connectivity index (χ2v) is 8.93. The van der Waals surface area contributed by atoms with Gasteiger partial charge in [0.25, 0.3) is 0 Å². The number of allylic oxidation sites excluding steroid dienone is 16. The molecule has 4 aliphatic rings. The Kier molecular flexibility index (Phi) is 5.87. The van der Waals surface area contributed by atoms with Crippen LogP contribution < -0.4 is 0 Å².